The van der Waals surface area contributed by atoms with Crippen LogP contribution < -0.4 is 10.2 Å². The van der Waals surface area contributed by atoms with E-state index in [9.17, 15) is 9.59 Å². The topological polar surface area (TPSA) is 76.7 Å². The van der Waals surface area contributed by atoms with Gasteiger partial charge in [0.1, 0.15) is 12.2 Å². The Kier molecular flexibility index (Phi) is 5.34. The molecule has 0 spiro atoms. The van der Waals surface area contributed by atoms with E-state index in [2.05, 4.69) is 0 Å². The third-order valence-corrected chi connectivity index (χ3v) is 5.36. The highest BCUT2D eigenvalue weighted by Crippen LogP contribution is 2.32. The number of aryl methyl sites for hydroxylation is 3. The van der Waals surface area contributed by atoms with E-state index in [1.807, 2.05) is 57.2 Å². The fourth-order valence-electron chi connectivity index (χ4n) is 3.36. The Labute approximate surface area is 179 Å². The van der Waals surface area contributed by atoms with Crippen molar-refractivity contribution >= 4 is 16.9 Å². The molecule has 5 nitrogen and oxygen atoms in total. The molecule has 1 aromatic heterocycles. The second kappa shape index (κ2) is 8.11. The molecule has 0 bridgehead atoms. The van der Waals surface area contributed by atoms with Crippen molar-refractivity contribution in [1.29, 1.82) is 0 Å². The number of hydrogen-bond donors (Lipinski definition) is 1. The summed E-state index contributed by atoms with van der Waals surface area (Å²) in [5, 5.41) is 9.53. The lowest BCUT2D eigenvalue weighted by molar-refractivity contribution is 0.0697. The van der Waals surface area contributed by atoms with Crippen LogP contribution in [0, 0.1) is 20.8 Å². The SMILES string of the molecule is Cc1ccc(-c2oc3cc(C)c(C)cc3c(=O)c2OCc2ccc(C(=O)O)cc2)cc1. The Morgan fingerprint density at radius 1 is 0.935 bits per heavy atom. The summed E-state index contributed by atoms with van der Waals surface area (Å²) in [6, 6.07) is 17.8. The van der Waals surface area contributed by atoms with Crippen molar-refractivity contribution < 1.29 is 19.1 Å². The highest BCUT2D eigenvalue weighted by Gasteiger charge is 2.19. The maximum Gasteiger partial charge on any atom is 0.335 e. The molecule has 1 heterocycles. The number of carbonyl (C=O) groups is 1. The summed E-state index contributed by atoms with van der Waals surface area (Å²) in [4.78, 5) is 24.4. The predicted molar refractivity (Wildman–Crippen MR) is 120 cm³/mol. The maximum atomic E-state index is 13.4. The number of carboxylic acid groups (broad SMARTS) is 1. The van der Waals surface area contributed by atoms with Crippen LogP contribution in [0.1, 0.15) is 32.6 Å². The molecule has 4 aromatic rings. The molecule has 0 atom stereocenters. The van der Waals surface area contributed by atoms with Gasteiger partial charge < -0.3 is 14.3 Å². The smallest absolute Gasteiger partial charge is 0.335 e. The first-order valence-corrected chi connectivity index (χ1v) is 9.93. The molecule has 0 amide bonds. The lowest BCUT2D eigenvalue weighted by Crippen LogP contribution is -2.11. The van der Waals surface area contributed by atoms with E-state index in [4.69, 9.17) is 14.3 Å². The Bertz CT molecular complexity index is 1330. The van der Waals surface area contributed by atoms with E-state index < -0.39 is 5.97 Å². The van der Waals surface area contributed by atoms with Crippen molar-refractivity contribution in [1.82, 2.24) is 0 Å². The molecule has 0 aliphatic rings. The summed E-state index contributed by atoms with van der Waals surface area (Å²) < 4.78 is 12.1. The van der Waals surface area contributed by atoms with Crippen molar-refractivity contribution in [2.24, 2.45) is 0 Å². The van der Waals surface area contributed by atoms with Crippen LogP contribution in [-0.2, 0) is 6.61 Å². The molecule has 0 unspecified atom stereocenters. The molecule has 156 valence electrons. The number of ether oxygens (including phenoxy) is 1. The van der Waals surface area contributed by atoms with Crippen LogP contribution in [0.3, 0.4) is 0 Å². The predicted octanol–water partition coefficient (Wildman–Crippen LogP) is 5.66. The number of aromatic carboxylic acids is 1. The largest absolute Gasteiger partial charge is 0.481 e. The standard InChI is InChI=1S/C26H22O5/c1-15-4-8-19(9-5-15)24-25(30-14-18-6-10-20(11-7-18)26(28)29)23(27)21-12-16(2)17(3)13-22(21)31-24/h4-13H,14H2,1-3H3,(H,28,29). The third kappa shape index (κ3) is 4.08. The average Bonchev–Trinajstić information content (AvgIpc) is 2.75. The van der Waals surface area contributed by atoms with Gasteiger partial charge in [-0.2, -0.15) is 0 Å². The van der Waals surface area contributed by atoms with Gasteiger partial charge in [0.25, 0.3) is 0 Å². The van der Waals surface area contributed by atoms with Crippen LogP contribution in [0.4, 0.5) is 0 Å². The molecule has 1 N–H and O–H groups in total. The van der Waals surface area contributed by atoms with Gasteiger partial charge in [-0.1, -0.05) is 42.0 Å². The minimum absolute atomic E-state index is 0.111. The summed E-state index contributed by atoms with van der Waals surface area (Å²) in [7, 11) is 0. The molecule has 0 saturated carbocycles. The van der Waals surface area contributed by atoms with Crippen molar-refractivity contribution in [3.05, 3.63) is 98.7 Å². The first kappa shape index (κ1) is 20.4. The van der Waals surface area contributed by atoms with Gasteiger partial charge in [0.15, 0.2) is 5.76 Å². The van der Waals surface area contributed by atoms with Gasteiger partial charge in [-0.25, -0.2) is 4.79 Å². The normalized spacial score (nSPS) is 10.9. The van der Waals surface area contributed by atoms with E-state index in [-0.39, 0.29) is 23.3 Å². The van der Waals surface area contributed by atoms with Crippen molar-refractivity contribution in [2.45, 2.75) is 27.4 Å². The number of hydrogen-bond acceptors (Lipinski definition) is 4. The molecule has 31 heavy (non-hydrogen) atoms. The minimum Gasteiger partial charge on any atom is -0.481 e. The first-order chi connectivity index (χ1) is 14.8. The van der Waals surface area contributed by atoms with Crippen LogP contribution in [-0.4, -0.2) is 11.1 Å². The van der Waals surface area contributed by atoms with Gasteiger partial charge in [-0.3, -0.25) is 4.79 Å². The number of fused-ring (bicyclic) bond motifs is 1. The lowest BCUT2D eigenvalue weighted by atomic mass is 10.0. The molecule has 0 radical (unpaired) electrons. The zero-order chi connectivity index (χ0) is 22.1. The zero-order valence-electron chi connectivity index (χ0n) is 17.6. The zero-order valence-corrected chi connectivity index (χ0v) is 17.6. The summed E-state index contributed by atoms with van der Waals surface area (Å²) >= 11 is 0. The molecule has 3 aromatic carbocycles. The molecule has 5 heteroatoms. The van der Waals surface area contributed by atoms with Crippen molar-refractivity contribution in [3.63, 3.8) is 0 Å². The highest BCUT2D eigenvalue weighted by molar-refractivity contribution is 5.87. The number of benzene rings is 3. The quantitative estimate of drug-likeness (QED) is 0.456. The van der Waals surface area contributed by atoms with Gasteiger partial charge in [0, 0.05) is 5.56 Å². The van der Waals surface area contributed by atoms with Crippen molar-refractivity contribution in [2.75, 3.05) is 0 Å². The monoisotopic (exact) mass is 414 g/mol. The van der Waals surface area contributed by atoms with Crippen LogP contribution in [0.25, 0.3) is 22.3 Å². The molecule has 0 aliphatic carbocycles. The van der Waals surface area contributed by atoms with E-state index in [0.717, 1.165) is 27.8 Å². The Morgan fingerprint density at radius 3 is 2.23 bits per heavy atom. The minimum atomic E-state index is -0.991. The fourth-order valence-corrected chi connectivity index (χ4v) is 3.36. The molecule has 0 saturated heterocycles. The van der Waals surface area contributed by atoms with Gasteiger partial charge in [-0.05, 0) is 61.7 Å². The first-order valence-electron chi connectivity index (χ1n) is 9.93. The van der Waals surface area contributed by atoms with Crippen LogP contribution in [0.2, 0.25) is 0 Å². The lowest BCUT2D eigenvalue weighted by Gasteiger charge is -2.13. The van der Waals surface area contributed by atoms with Gasteiger partial charge in [0.05, 0.1) is 10.9 Å². The van der Waals surface area contributed by atoms with E-state index in [1.54, 1.807) is 12.1 Å². The maximum absolute atomic E-state index is 13.4. The molecular formula is C26H22O5. The van der Waals surface area contributed by atoms with E-state index in [1.165, 1.54) is 12.1 Å². The van der Waals surface area contributed by atoms with Crippen molar-refractivity contribution in [3.8, 4) is 17.1 Å². The molecular weight excluding hydrogens is 392 g/mol. The van der Waals surface area contributed by atoms with E-state index >= 15 is 0 Å². The summed E-state index contributed by atoms with van der Waals surface area (Å²) in [6.45, 7) is 6.03. The summed E-state index contributed by atoms with van der Waals surface area (Å²) in [6.07, 6.45) is 0. The fraction of sp³-hybridized carbons (Fsp3) is 0.154. The third-order valence-electron chi connectivity index (χ3n) is 5.36. The summed E-state index contributed by atoms with van der Waals surface area (Å²) in [5.41, 5.74) is 5.11. The Morgan fingerprint density at radius 2 is 1.58 bits per heavy atom. The summed E-state index contributed by atoms with van der Waals surface area (Å²) in [5.74, 6) is -0.472. The number of rotatable bonds is 5. The second-order valence-electron chi connectivity index (χ2n) is 7.68. The van der Waals surface area contributed by atoms with Crippen LogP contribution in [0.5, 0.6) is 5.75 Å². The molecule has 4 rings (SSSR count). The van der Waals surface area contributed by atoms with E-state index in [0.29, 0.717) is 16.7 Å². The Hall–Kier alpha value is -3.86. The second-order valence-corrected chi connectivity index (χ2v) is 7.68. The number of carboxylic acids is 1. The molecule has 0 aliphatic heterocycles. The van der Waals surface area contributed by atoms with Crippen LogP contribution >= 0.6 is 0 Å². The Balaban J connectivity index is 1.81. The average molecular weight is 414 g/mol. The molecule has 0 fully saturated rings. The highest BCUT2D eigenvalue weighted by atomic mass is 16.5. The van der Waals surface area contributed by atoms with Gasteiger partial charge >= 0.3 is 5.97 Å². The van der Waals surface area contributed by atoms with Gasteiger partial charge in [0.2, 0.25) is 11.2 Å². The van der Waals surface area contributed by atoms with Crippen LogP contribution in [0.15, 0.2) is 69.9 Å². The van der Waals surface area contributed by atoms with Gasteiger partial charge in [-0.15, -0.1) is 0 Å².